The molecule has 3 N–H and O–H groups in total. The van der Waals surface area contributed by atoms with E-state index in [9.17, 15) is 10.2 Å². The van der Waals surface area contributed by atoms with Gasteiger partial charge in [-0.2, -0.15) is 0 Å². The number of aromatic nitrogens is 3. The highest BCUT2D eigenvalue weighted by atomic mass is 16.5. The van der Waals surface area contributed by atoms with Gasteiger partial charge in [-0.25, -0.2) is 9.97 Å². The second-order valence-electron chi connectivity index (χ2n) is 10.6. The molecule has 1 unspecified atom stereocenters. The molecule has 1 aliphatic rings. The first-order valence-electron chi connectivity index (χ1n) is 12.7. The SMILES string of the molecule is CNCC(O)COc1cccc(-c2nc(CC3CC(C(C)(C)O)C3)c(C)c(-c3c(C)noc3C)n2)c1. The van der Waals surface area contributed by atoms with Gasteiger partial charge in [0, 0.05) is 17.8 Å². The van der Waals surface area contributed by atoms with Crippen molar-refractivity contribution in [3.05, 3.63) is 47.0 Å². The third-order valence-electron chi connectivity index (χ3n) is 7.21. The first kappa shape index (κ1) is 26.3. The number of benzene rings is 1. The first-order chi connectivity index (χ1) is 17.1. The van der Waals surface area contributed by atoms with E-state index in [0.29, 0.717) is 30.0 Å². The molecule has 2 heterocycles. The van der Waals surface area contributed by atoms with E-state index in [2.05, 4.69) is 17.4 Å². The number of hydrogen-bond acceptors (Lipinski definition) is 8. The van der Waals surface area contributed by atoms with Crippen LogP contribution in [-0.4, -0.2) is 57.2 Å². The number of aryl methyl sites for hydroxylation is 2. The molecule has 36 heavy (non-hydrogen) atoms. The van der Waals surface area contributed by atoms with Gasteiger partial charge < -0.3 is 24.8 Å². The van der Waals surface area contributed by atoms with Gasteiger partial charge in [0.1, 0.15) is 24.2 Å². The lowest BCUT2D eigenvalue weighted by Gasteiger charge is -2.42. The Morgan fingerprint density at radius 3 is 2.58 bits per heavy atom. The molecule has 0 bridgehead atoms. The van der Waals surface area contributed by atoms with Crippen LogP contribution in [0.5, 0.6) is 5.75 Å². The fraction of sp³-hybridized carbons (Fsp3) is 0.536. The van der Waals surface area contributed by atoms with E-state index in [1.54, 1.807) is 7.05 Å². The Kier molecular flexibility index (Phi) is 7.78. The summed E-state index contributed by atoms with van der Waals surface area (Å²) in [7, 11) is 1.79. The van der Waals surface area contributed by atoms with Crippen molar-refractivity contribution in [2.45, 2.75) is 65.6 Å². The predicted molar refractivity (Wildman–Crippen MR) is 139 cm³/mol. The normalized spacial score (nSPS) is 18.7. The Balaban J connectivity index is 1.67. The van der Waals surface area contributed by atoms with Crippen molar-refractivity contribution in [2.24, 2.45) is 11.8 Å². The van der Waals surface area contributed by atoms with E-state index in [1.165, 1.54) is 0 Å². The summed E-state index contributed by atoms with van der Waals surface area (Å²) in [5.41, 5.74) is 4.77. The molecule has 0 aliphatic heterocycles. The highest BCUT2D eigenvalue weighted by Gasteiger charge is 2.39. The maximum Gasteiger partial charge on any atom is 0.160 e. The molecule has 1 aliphatic carbocycles. The van der Waals surface area contributed by atoms with Gasteiger partial charge in [0.25, 0.3) is 0 Å². The van der Waals surface area contributed by atoms with E-state index in [-0.39, 0.29) is 6.61 Å². The molecule has 1 aromatic carbocycles. The van der Waals surface area contributed by atoms with Crippen molar-refractivity contribution in [2.75, 3.05) is 20.2 Å². The number of aliphatic hydroxyl groups excluding tert-OH is 1. The van der Waals surface area contributed by atoms with Gasteiger partial charge >= 0.3 is 0 Å². The minimum Gasteiger partial charge on any atom is -0.491 e. The monoisotopic (exact) mass is 494 g/mol. The largest absolute Gasteiger partial charge is 0.491 e. The van der Waals surface area contributed by atoms with E-state index < -0.39 is 11.7 Å². The molecule has 1 fully saturated rings. The van der Waals surface area contributed by atoms with Crippen LogP contribution >= 0.6 is 0 Å². The Hall–Kier alpha value is -2.81. The van der Waals surface area contributed by atoms with Crippen LogP contribution in [0.25, 0.3) is 22.6 Å². The molecular weight excluding hydrogens is 456 g/mol. The maximum absolute atomic E-state index is 10.4. The van der Waals surface area contributed by atoms with Crippen molar-refractivity contribution >= 4 is 0 Å². The average Bonchev–Trinajstić information content (AvgIpc) is 3.13. The zero-order chi connectivity index (χ0) is 26.0. The second kappa shape index (κ2) is 10.7. The van der Waals surface area contributed by atoms with Gasteiger partial charge in [-0.1, -0.05) is 17.3 Å². The predicted octanol–water partition coefficient (Wildman–Crippen LogP) is 4.02. The van der Waals surface area contributed by atoms with Gasteiger partial charge in [0.05, 0.1) is 22.6 Å². The lowest BCUT2D eigenvalue weighted by atomic mass is 9.66. The van der Waals surface area contributed by atoms with Crippen LogP contribution in [0.1, 0.15) is 49.4 Å². The first-order valence-corrected chi connectivity index (χ1v) is 12.7. The molecule has 1 saturated carbocycles. The Morgan fingerprint density at radius 2 is 1.94 bits per heavy atom. The number of rotatable bonds is 10. The van der Waals surface area contributed by atoms with Crippen LogP contribution in [0.2, 0.25) is 0 Å². The van der Waals surface area contributed by atoms with Crippen LogP contribution in [0, 0.1) is 32.6 Å². The number of ether oxygens (including phenoxy) is 1. The quantitative estimate of drug-likeness (QED) is 0.387. The summed E-state index contributed by atoms with van der Waals surface area (Å²) in [4.78, 5) is 9.98. The molecule has 0 radical (unpaired) electrons. The maximum atomic E-state index is 10.4. The molecule has 4 rings (SSSR count). The topological polar surface area (TPSA) is 114 Å². The number of nitrogens with zero attached hydrogens (tertiary/aromatic N) is 3. The fourth-order valence-corrected chi connectivity index (χ4v) is 4.92. The Bertz CT molecular complexity index is 1180. The van der Waals surface area contributed by atoms with Crippen molar-refractivity contribution in [1.29, 1.82) is 0 Å². The van der Waals surface area contributed by atoms with Gasteiger partial charge in [-0.05, 0) is 90.5 Å². The van der Waals surface area contributed by atoms with Gasteiger partial charge in [0.2, 0.25) is 0 Å². The third kappa shape index (κ3) is 5.77. The molecule has 8 nitrogen and oxygen atoms in total. The van der Waals surface area contributed by atoms with Crippen molar-refractivity contribution in [3.8, 4) is 28.4 Å². The van der Waals surface area contributed by atoms with Gasteiger partial charge in [-0.3, -0.25) is 0 Å². The lowest BCUT2D eigenvalue weighted by molar-refractivity contribution is -0.0428. The van der Waals surface area contributed by atoms with Crippen LogP contribution in [0.4, 0.5) is 0 Å². The average molecular weight is 495 g/mol. The highest BCUT2D eigenvalue weighted by molar-refractivity contribution is 5.71. The molecule has 0 amide bonds. The van der Waals surface area contributed by atoms with E-state index >= 15 is 0 Å². The molecule has 0 saturated heterocycles. The van der Waals surface area contributed by atoms with Crippen molar-refractivity contribution in [1.82, 2.24) is 20.4 Å². The third-order valence-corrected chi connectivity index (χ3v) is 7.21. The molecule has 194 valence electrons. The van der Waals surface area contributed by atoms with Crippen LogP contribution in [0.15, 0.2) is 28.8 Å². The smallest absolute Gasteiger partial charge is 0.160 e. The molecule has 2 aromatic heterocycles. The number of likely N-dealkylation sites (N-methyl/N-ethyl adjacent to an activating group) is 1. The summed E-state index contributed by atoms with van der Waals surface area (Å²) >= 11 is 0. The summed E-state index contributed by atoms with van der Waals surface area (Å²) in [5, 5.41) is 27.4. The van der Waals surface area contributed by atoms with Crippen LogP contribution in [0.3, 0.4) is 0 Å². The van der Waals surface area contributed by atoms with E-state index in [1.807, 2.05) is 52.0 Å². The Morgan fingerprint density at radius 1 is 1.19 bits per heavy atom. The highest BCUT2D eigenvalue weighted by Crippen LogP contribution is 2.43. The fourth-order valence-electron chi connectivity index (χ4n) is 4.92. The van der Waals surface area contributed by atoms with Crippen LogP contribution < -0.4 is 10.1 Å². The van der Waals surface area contributed by atoms with E-state index in [4.69, 9.17) is 19.2 Å². The number of nitrogens with one attached hydrogen (secondary N) is 1. The Labute approximate surface area is 213 Å². The summed E-state index contributed by atoms with van der Waals surface area (Å²) in [6, 6.07) is 7.65. The van der Waals surface area contributed by atoms with Crippen molar-refractivity contribution in [3.63, 3.8) is 0 Å². The summed E-state index contributed by atoms with van der Waals surface area (Å²) < 4.78 is 11.3. The zero-order valence-corrected chi connectivity index (χ0v) is 22.1. The van der Waals surface area contributed by atoms with Crippen LogP contribution in [-0.2, 0) is 6.42 Å². The van der Waals surface area contributed by atoms with E-state index in [0.717, 1.165) is 58.8 Å². The molecule has 8 heteroatoms. The minimum absolute atomic E-state index is 0.193. The number of aliphatic hydroxyl groups is 2. The summed E-state index contributed by atoms with van der Waals surface area (Å²) in [6.45, 7) is 10.3. The zero-order valence-electron chi connectivity index (χ0n) is 22.1. The lowest BCUT2D eigenvalue weighted by Crippen LogP contribution is -2.41. The standard InChI is InChI=1S/C28H38N4O4/c1-16-24(12-19-10-21(11-19)28(4,5)34)30-27(31-26(16)25-17(2)32-36-18(25)3)20-8-7-9-23(13-20)35-15-22(33)14-29-6/h7-9,13,19,21-22,29,33-34H,10-12,14-15H2,1-6H3. The van der Waals surface area contributed by atoms with Crippen molar-refractivity contribution < 1.29 is 19.5 Å². The minimum atomic E-state index is -0.647. The van der Waals surface area contributed by atoms with Gasteiger partial charge in [-0.15, -0.1) is 0 Å². The van der Waals surface area contributed by atoms with Gasteiger partial charge in [0.15, 0.2) is 5.82 Å². The molecule has 3 aromatic rings. The summed E-state index contributed by atoms with van der Waals surface area (Å²) in [5.74, 6) is 2.79. The molecule has 0 spiro atoms. The molecule has 1 atom stereocenters. The number of hydrogen-bond donors (Lipinski definition) is 3. The second-order valence-corrected chi connectivity index (χ2v) is 10.6. The molecular formula is C28H38N4O4. The summed E-state index contributed by atoms with van der Waals surface area (Å²) in [6.07, 6.45) is 2.21.